The van der Waals surface area contributed by atoms with E-state index in [0.717, 1.165) is 30.8 Å². The number of phenolic OH excluding ortho intramolecular Hbond substituents is 1. The average Bonchev–Trinajstić information content (AvgIpc) is 2.90. The summed E-state index contributed by atoms with van der Waals surface area (Å²) in [6, 6.07) is 7.59. The smallest absolute Gasteiger partial charge is 0.229 e. The molecule has 0 saturated carbocycles. The van der Waals surface area contributed by atoms with Crippen molar-refractivity contribution >= 4 is 0 Å². The normalized spacial score (nSPS) is 22.9. The molecule has 5 heteroatoms. The number of piperidine rings is 1. The van der Waals surface area contributed by atoms with Crippen LogP contribution in [-0.4, -0.2) is 27.8 Å². The highest BCUT2D eigenvalue weighted by Crippen LogP contribution is 2.26. The fraction of sp³-hybridized carbons (Fsp3) is 0.467. The molecule has 0 amide bonds. The fourth-order valence-corrected chi connectivity index (χ4v) is 2.66. The zero-order valence-corrected chi connectivity index (χ0v) is 11.5. The van der Waals surface area contributed by atoms with E-state index in [0.29, 0.717) is 24.2 Å². The summed E-state index contributed by atoms with van der Waals surface area (Å²) in [5, 5.41) is 16.8. The van der Waals surface area contributed by atoms with Gasteiger partial charge in [0, 0.05) is 18.4 Å². The zero-order valence-electron chi connectivity index (χ0n) is 11.5. The van der Waals surface area contributed by atoms with Gasteiger partial charge in [-0.25, -0.2) is 0 Å². The van der Waals surface area contributed by atoms with Gasteiger partial charge in [-0.15, -0.1) is 0 Å². The van der Waals surface area contributed by atoms with E-state index in [1.54, 1.807) is 12.1 Å². The Morgan fingerprint density at radius 1 is 1.35 bits per heavy atom. The molecule has 3 rings (SSSR count). The van der Waals surface area contributed by atoms with Crippen molar-refractivity contribution in [2.24, 2.45) is 0 Å². The Morgan fingerprint density at radius 3 is 2.90 bits per heavy atom. The second kappa shape index (κ2) is 5.63. The molecular formula is C15H19N3O2. The Bertz CT molecular complexity index is 565. The van der Waals surface area contributed by atoms with Gasteiger partial charge in [-0.05, 0) is 44.0 Å². The highest BCUT2D eigenvalue weighted by molar-refractivity contribution is 5.27. The average molecular weight is 273 g/mol. The predicted molar refractivity (Wildman–Crippen MR) is 74.7 cm³/mol. The summed E-state index contributed by atoms with van der Waals surface area (Å²) in [7, 11) is 0. The molecule has 106 valence electrons. The monoisotopic (exact) mass is 273 g/mol. The van der Waals surface area contributed by atoms with E-state index in [2.05, 4.69) is 22.4 Å². The maximum Gasteiger partial charge on any atom is 0.229 e. The minimum Gasteiger partial charge on any atom is -0.508 e. The predicted octanol–water partition coefficient (Wildman–Crippen LogP) is 2.22. The molecule has 2 unspecified atom stereocenters. The lowest BCUT2D eigenvalue weighted by Gasteiger charge is -2.25. The molecule has 0 aliphatic carbocycles. The maximum absolute atomic E-state index is 9.27. The van der Waals surface area contributed by atoms with Crippen molar-refractivity contribution in [2.45, 2.75) is 38.1 Å². The van der Waals surface area contributed by atoms with Crippen LogP contribution in [0.5, 0.6) is 5.75 Å². The summed E-state index contributed by atoms with van der Waals surface area (Å²) in [6.07, 6.45) is 2.72. The zero-order chi connectivity index (χ0) is 13.9. The van der Waals surface area contributed by atoms with Crippen molar-refractivity contribution in [1.82, 2.24) is 15.5 Å². The van der Waals surface area contributed by atoms with Crippen LogP contribution in [0.3, 0.4) is 0 Å². The van der Waals surface area contributed by atoms with Gasteiger partial charge in [-0.3, -0.25) is 0 Å². The number of aromatic nitrogens is 2. The molecule has 0 bridgehead atoms. The largest absolute Gasteiger partial charge is 0.508 e. The van der Waals surface area contributed by atoms with E-state index in [1.807, 2.05) is 12.1 Å². The van der Waals surface area contributed by atoms with Gasteiger partial charge in [0.25, 0.3) is 0 Å². The van der Waals surface area contributed by atoms with Crippen molar-refractivity contribution in [1.29, 1.82) is 0 Å². The number of rotatable bonds is 3. The van der Waals surface area contributed by atoms with Gasteiger partial charge in [0.05, 0.1) is 0 Å². The molecule has 2 N–H and O–H groups in total. The van der Waals surface area contributed by atoms with Gasteiger partial charge in [-0.2, -0.15) is 4.98 Å². The van der Waals surface area contributed by atoms with Gasteiger partial charge in [-0.1, -0.05) is 17.3 Å². The lowest BCUT2D eigenvalue weighted by atomic mass is 9.93. The lowest BCUT2D eigenvalue weighted by molar-refractivity contribution is 0.294. The third-order valence-electron chi connectivity index (χ3n) is 3.76. The molecule has 1 saturated heterocycles. The topological polar surface area (TPSA) is 71.2 Å². The second-order valence-electron chi connectivity index (χ2n) is 5.47. The number of benzene rings is 1. The summed E-state index contributed by atoms with van der Waals surface area (Å²) in [5.41, 5.74) is 1.06. The molecule has 1 aromatic heterocycles. The van der Waals surface area contributed by atoms with Crippen LogP contribution in [0.1, 0.15) is 43.0 Å². The maximum atomic E-state index is 9.27. The molecule has 5 nitrogen and oxygen atoms in total. The Kier molecular flexibility index (Phi) is 3.69. The van der Waals surface area contributed by atoms with Gasteiger partial charge >= 0.3 is 0 Å². The van der Waals surface area contributed by atoms with E-state index in [4.69, 9.17) is 4.52 Å². The number of phenols is 1. The minimum atomic E-state index is 0.270. The first-order chi connectivity index (χ1) is 9.70. The van der Waals surface area contributed by atoms with Crippen LogP contribution in [0.25, 0.3) is 0 Å². The Balaban J connectivity index is 1.68. The van der Waals surface area contributed by atoms with Crippen molar-refractivity contribution in [3.05, 3.63) is 41.5 Å². The fourth-order valence-electron chi connectivity index (χ4n) is 2.66. The molecule has 1 aliphatic rings. The van der Waals surface area contributed by atoms with Crippen LogP contribution in [-0.2, 0) is 6.42 Å². The molecule has 2 aromatic rings. The minimum absolute atomic E-state index is 0.270. The number of aromatic hydroxyl groups is 1. The molecular weight excluding hydrogens is 254 g/mol. The third kappa shape index (κ3) is 2.99. The Morgan fingerprint density at radius 2 is 2.15 bits per heavy atom. The van der Waals surface area contributed by atoms with E-state index >= 15 is 0 Å². The molecule has 0 spiro atoms. The van der Waals surface area contributed by atoms with E-state index < -0.39 is 0 Å². The van der Waals surface area contributed by atoms with Crippen molar-refractivity contribution < 1.29 is 9.63 Å². The van der Waals surface area contributed by atoms with Gasteiger partial charge in [0.15, 0.2) is 5.82 Å². The summed E-state index contributed by atoms with van der Waals surface area (Å²) in [4.78, 5) is 4.52. The molecule has 2 heterocycles. The third-order valence-corrected chi connectivity index (χ3v) is 3.76. The van der Waals surface area contributed by atoms with Crippen LogP contribution in [0, 0.1) is 0 Å². The van der Waals surface area contributed by atoms with Crippen LogP contribution in [0.4, 0.5) is 0 Å². The summed E-state index contributed by atoms with van der Waals surface area (Å²) in [6.45, 7) is 3.18. The Labute approximate surface area is 118 Å². The molecule has 0 radical (unpaired) electrons. The standard InChI is InChI=1S/C15H19N3O2/c1-10-8-12(6-7-16-10)15-17-14(18-20-15)9-11-2-4-13(19)5-3-11/h2-5,10,12,16,19H,6-9H2,1H3. The van der Waals surface area contributed by atoms with Crippen LogP contribution in [0.15, 0.2) is 28.8 Å². The lowest BCUT2D eigenvalue weighted by Crippen LogP contribution is -2.34. The molecule has 2 atom stereocenters. The highest BCUT2D eigenvalue weighted by Gasteiger charge is 2.24. The number of nitrogens with zero attached hydrogens (tertiary/aromatic N) is 2. The second-order valence-corrected chi connectivity index (χ2v) is 5.47. The highest BCUT2D eigenvalue weighted by atomic mass is 16.5. The number of nitrogens with one attached hydrogen (secondary N) is 1. The molecule has 1 fully saturated rings. The first-order valence-corrected chi connectivity index (χ1v) is 7.04. The molecule has 20 heavy (non-hydrogen) atoms. The van der Waals surface area contributed by atoms with Crippen LogP contribution in [0.2, 0.25) is 0 Å². The van der Waals surface area contributed by atoms with E-state index in [1.165, 1.54) is 0 Å². The SMILES string of the molecule is CC1CC(c2nc(Cc3ccc(O)cc3)no2)CCN1. The quantitative estimate of drug-likeness (QED) is 0.897. The van der Waals surface area contributed by atoms with E-state index in [-0.39, 0.29) is 5.75 Å². The summed E-state index contributed by atoms with van der Waals surface area (Å²) >= 11 is 0. The van der Waals surface area contributed by atoms with Crippen molar-refractivity contribution in [2.75, 3.05) is 6.54 Å². The van der Waals surface area contributed by atoms with Crippen LogP contribution < -0.4 is 5.32 Å². The van der Waals surface area contributed by atoms with Gasteiger partial charge < -0.3 is 14.9 Å². The van der Waals surface area contributed by atoms with Crippen molar-refractivity contribution in [3.8, 4) is 5.75 Å². The first kappa shape index (κ1) is 13.1. The number of hydrogen-bond donors (Lipinski definition) is 2. The molecule has 1 aliphatic heterocycles. The van der Waals surface area contributed by atoms with Crippen molar-refractivity contribution in [3.63, 3.8) is 0 Å². The summed E-state index contributed by atoms with van der Waals surface area (Å²) < 4.78 is 5.41. The molecule has 1 aromatic carbocycles. The van der Waals surface area contributed by atoms with Gasteiger partial charge in [0.1, 0.15) is 5.75 Å². The van der Waals surface area contributed by atoms with E-state index in [9.17, 15) is 5.11 Å². The van der Waals surface area contributed by atoms with Gasteiger partial charge in [0.2, 0.25) is 5.89 Å². The van der Waals surface area contributed by atoms with Crippen LogP contribution >= 0.6 is 0 Å². The number of hydrogen-bond acceptors (Lipinski definition) is 5. The Hall–Kier alpha value is -1.88. The summed E-state index contributed by atoms with van der Waals surface area (Å²) in [5.74, 6) is 2.10. The first-order valence-electron chi connectivity index (χ1n) is 7.04.